The third-order valence-electron chi connectivity index (χ3n) is 3.08. The van der Waals surface area contributed by atoms with Crippen LogP contribution in [0.2, 0.25) is 0 Å². The van der Waals surface area contributed by atoms with Gasteiger partial charge < -0.3 is 15.8 Å². The summed E-state index contributed by atoms with van der Waals surface area (Å²) in [4.78, 5) is 0. The highest BCUT2D eigenvalue weighted by Gasteiger charge is 2.22. The summed E-state index contributed by atoms with van der Waals surface area (Å²) < 4.78 is 18.5. The molecule has 2 atom stereocenters. The molecule has 0 bridgehead atoms. The van der Waals surface area contributed by atoms with E-state index in [9.17, 15) is 4.39 Å². The second-order valence-electron chi connectivity index (χ2n) is 4.49. The van der Waals surface area contributed by atoms with Crippen LogP contribution in [-0.2, 0) is 0 Å². The molecule has 1 aromatic rings. The van der Waals surface area contributed by atoms with Crippen molar-refractivity contribution in [2.75, 3.05) is 11.9 Å². The molecule has 0 aliphatic heterocycles. The van der Waals surface area contributed by atoms with Gasteiger partial charge in [-0.2, -0.15) is 0 Å². The van der Waals surface area contributed by atoms with Crippen molar-refractivity contribution < 1.29 is 9.13 Å². The average molecular weight is 238 g/mol. The molecule has 4 heteroatoms. The number of hydrogen-bond donors (Lipinski definition) is 2. The summed E-state index contributed by atoms with van der Waals surface area (Å²) >= 11 is 0. The first-order valence-electron chi connectivity index (χ1n) is 6.13. The monoisotopic (exact) mass is 238 g/mol. The average Bonchev–Trinajstić information content (AvgIpc) is 2.69. The van der Waals surface area contributed by atoms with Crippen LogP contribution in [0, 0.1) is 5.82 Å². The van der Waals surface area contributed by atoms with E-state index in [1.807, 2.05) is 6.92 Å². The minimum atomic E-state index is -0.276. The smallest absolute Gasteiger partial charge is 0.145 e. The zero-order valence-corrected chi connectivity index (χ0v) is 10.1. The Labute approximate surface area is 101 Å². The van der Waals surface area contributed by atoms with E-state index in [4.69, 9.17) is 10.5 Å². The molecule has 0 radical (unpaired) electrons. The first kappa shape index (κ1) is 12.2. The van der Waals surface area contributed by atoms with E-state index in [0.717, 1.165) is 24.9 Å². The minimum Gasteiger partial charge on any atom is -0.492 e. The fraction of sp³-hybridized carbons (Fsp3) is 0.538. The van der Waals surface area contributed by atoms with Crippen molar-refractivity contribution in [1.29, 1.82) is 0 Å². The number of benzene rings is 1. The predicted octanol–water partition coefficient (Wildman–Crippen LogP) is 2.52. The number of halogens is 1. The van der Waals surface area contributed by atoms with E-state index < -0.39 is 0 Å². The Morgan fingerprint density at radius 1 is 1.47 bits per heavy atom. The molecule has 0 spiro atoms. The van der Waals surface area contributed by atoms with Crippen LogP contribution in [0.3, 0.4) is 0 Å². The summed E-state index contributed by atoms with van der Waals surface area (Å²) in [6, 6.07) is 5.24. The fourth-order valence-corrected chi connectivity index (χ4v) is 2.26. The van der Waals surface area contributed by atoms with Crippen molar-refractivity contribution in [2.45, 2.75) is 38.3 Å². The van der Waals surface area contributed by atoms with Gasteiger partial charge in [0, 0.05) is 18.2 Å². The summed E-state index contributed by atoms with van der Waals surface area (Å²) in [5.74, 6) is 0.301. The molecule has 17 heavy (non-hydrogen) atoms. The molecule has 0 amide bonds. The van der Waals surface area contributed by atoms with Crippen molar-refractivity contribution in [3.05, 3.63) is 24.0 Å². The Kier molecular flexibility index (Phi) is 3.84. The van der Waals surface area contributed by atoms with Crippen LogP contribution in [0.25, 0.3) is 0 Å². The Morgan fingerprint density at radius 2 is 2.29 bits per heavy atom. The van der Waals surface area contributed by atoms with E-state index >= 15 is 0 Å². The van der Waals surface area contributed by atoms with Gasteiger partial charge in [0.25, 0.3) is 0 Å². The number of rotatable bonds is 4. The van der Waals surface area contributed by atoms with Gasteiger partial charge in [-0.3, -0.25) is 0 Å². The Hall–Kier alpha value is -1.29. The number of anilines is 1. The molecule has 3 N–H and O–H groups in total. The maximum atomic E-state index is 13.1. The van der Waals surface area contributed by atoms with Crippen molar-refractivity contribution in [1.82, 2.24) is 0 Å². The highest BCUT2D eigenvalue weighted by atomic mass is 19.1. The van der Waals surface area contributed by atoms with Gasteiger partial charge in [0.05, 0.1) is 12.3 Å². The maximum absolute atomic E-state index is 13.1. The summed E-state index contributed by atoms with van der Waals surface area (Å²) in [5, 5.41) is 3.38. The van der Waals surface area contributed by atoms with Gasteiger partial charge >= 0.3 is 0 Å². The summed E-state index contributed by atoms with van der Waals surface area (Å²) in [5.41, 5.74) is 6.72. The van der Waals surface area contributed by atoms with Crippen LogP contribution in [0.15, 0.2) is 18.2 Å². The molecule has 2 unspecified atom stereocenters. The third-order valence-corrected chi connectivity index (χ3v) is 3.08. The van der Waals surface area contributed by atoms with Crippen molar-refractivity contribution in [3.8, 4) is 5.75 Å². The fourth-order valence-electron chi connectivity index (χ4n) is 2.26. The predicted molar refractivity (Wildman–Crippen MR) is 66.8 cm³/mol. The normalized spacial score (nSPS) is 23.7. The van der Waals surface area contributed by atoms with Crippen molar-refractivity contribution >= 4 is 5.69 Å². The SMILES string of the molecule is CCOc1cc(F)ccc1NC1CCC(N)C1. The first-order valence-corrected chi connectivity index (χ1v) is 6.13. The first-order chi connectivity index (χ1) is 8.19. The van der Waals surface area contributed by atoms with Gasteiger partial charge in [-0.25, -0.2) is 4.39 Å². The van der Waals surface area contributed by atoms with Gasteiger partial charge in [0.15, 0.2) is 0 Å². The van der Waals surface area contributed by atoms with Crippen LogP contribution >= 0.6 is 0 Å². The molecule has 3 nitrogen and oxygen atoms in total. The standard InChI is InChI=1S/C13H19FN2O/c1-2-17-13-7-9(14)3-6-12(13)16-11-5-4-10(15)8-11/h3,6-7,10-11,16H,2,4-5,8,15H2,1H3. The lowest BCUT2D eigenvalue weighted by molar-refractivity contribution is 0.339. The second kappa shape index (κ2) is 5.36. The van der Waals surface area contributed by atoms with E-state index in [1.165, 1.54) is 12.1 Å². The lowest BCUT2D eigenvalue weighted by Gasteiger charge is -2.17. The molecule has 2 rings (SSSR count). The van der Waals surface area contributed by atoms with E-state index in [-0.39, 0.29) is 11.9 Å². The summed E-state index contributed by atoms with van der Waals surface area (Å²) in [7, 11) is 0. The van der Waals surface area contributed by atoms with Gasteiger partial charge in [-0.05, 0) is 38.3 Å². The Morgan fingerprint density at radius 3 is 2.94 bits per heavy atom. The van der Waals surface area contributed by atoms with Crippen LogP contribution < -0.4 is 15.8 Å². The molecular formula is C13H19FN2O. The van der Waals surface area contributed by atoms with Crippen LogP contribution in [0.1, 0.15) is 26.2 Å². The Balaban J connectivity index is 2.08. The third kappa shape index (κ3) is 3.09. The van der Waals surface area contributed by atoms with Crippen molar-refractivity contribution in [2.24, 2.45) is 5.73 Å². The highest BCUT2D eigenvalue weighted by Crippen LogP contribution is 2.29. The zero-order chi connectivity index (χ0) is 12.3. The molecule has 1 saturated carbocycles. The van der Waals surface area contributed by atoms with E-state index in [1.54, 1.807) is 6.07 Å². The molecule has 1 aliphatic rings. The molecule has 0 aromatic heterocycles. The number of hydrogen-bond acceptors (Lipinski definition) is 3. The molecule has 1 aromatic carbocycles. The van der Waals surface area contributed by atoms with Gasteiger partial charge in [0.2, 0.25) is 0 Å². The van der Waals surface area contributed by atoms with Crippen molar-refractivity contribution in [3.63, 3.8) is 0 Å². The van der Waals surface area contributed by atoms with Crippen LogP contribution in [0.4, 0.5) is 10.1 Å². The lowest BCUT2D eigenvalue weighted by Crippen LogP contribution is -2.21. The second-order valence-corrected chi connectivity index (χ2v) is 4.49. The van der Waals surface area contributed by atoms with Crippen LogP contribution in [-0.4, -0.2) is 18.7 Å². The highest BCUT2D eigenvalue weighted by molar-refractivity contribution is 5.57. The lowest BCUT2D eigenvalue weighted by atomic mass is 10.2. The number of ether oxygens (including phenoxy) is 1. The number of nitrogens with two attached hydrogens (primary N) is 1. The number of nitrogens with one attached hydrogen (secondary N) is 1. The van der Waals surface area contributed by atoms with Gasteiger partial charge in [-0.15, -0.1) is 0 Å². The summed E-state index contributed by atoms with van der Waals surface area (Å²) in [6.07, 6.45) is 3.07. The quantitative estimate of drug-likeness (QED) is 0.847. The maximum Gasteiger partial charge on any atom is 0.145 e. The topological polar surface area (TPSA) is 47.3 Å². The van der Waals surface area contributed by atoms with Gasteiger partial charge in [0.1, 0.15) is 11.6 Å². The van der Waals surface area contributed by atoms with Gasteiger partial charge in [-0.1, -0.05) is 0 Å². The largest absolute Gasteiger partial charge is 0.492 e. The zero-order valence-electron chi connectivity index (χ0n) is 10.1. The minimum absolute atomic E-state index is 0.276. The molecule has 94 valence electrons. The molecule has 0 heterocycles. The molecular weight excluding hydrogens is 219 g/mol. The van der Waals surface area contributed by atoms with E-state index in [0.29, 0.717) is 18.4 Å². The summed E-state index contributed by atoms with van der Waals surface area (Å²) in [6.45, 7) is 2.42. The van der Waals surface area contributed by atoms with E-state index in [2.05, 4.69) is 5.32 Å². The molecule has 0 saturated heterocycles. The van der Waals surface area contributed by atoms with Crippen LogP contribution in [0.5, 0.6) is 5.75 Å². The Bertz CT molecular complexity index is 384. The molecule has 1 aliphatic carbocycles. The molecule has 1 fully saturated rings.